The molecule has 0 amide bonds. The van der Waals surface area contributed by atoms with Gasteiger partial charge in [0.2, 0.25) is 0 Å². The highest BCUT2D eigenvalue weighted by Gasteiger charge is 2.30. The monoisotopic (exact) mass is 329 g/mol. The predicted molar refractivity (Wildman–Crippen MR) is 92.2 cm³/mol. The summed E-state index contributed by atoms with van der Waals surface area (Å²) in [5.41, 5.74) is 0. The highest BCUT2D eigenvalue weighted by atomic mass is 16.5. The molecule has 1 atom stereocenters. The standard InChI is InChI=1S/C18H35NO4/c1-7-9-19(10-8-2)16(18(21)23-13-15(5)6)11-17(20)22-12-14(3)4/h14-16H,7-13H2,1-6H3. The van der Waals surface area contributed by atoms with E-state index in [2.05, 4.69) is 13.8 Å². The molecule has 0 aliphatic carbocycles. The van der Waals surface area contributed by atoms with Crippen LogP contribution in [0, 0.1) is 11.8 Å². The molecule has 0 N–H and O–H groups in total. The summed E-state index contributed by atoms with van der Waals surface area (Å²) in [6.07, 6.45) is 1.91. The van der Waals surface area contributed by atoms with Gasteiger partial charge < -0.3 is 9.47 Å². The molecule has 1 unspecified atom stereocenters. The number of carbonyl (C=O) groups excluding carboxylic acids is 2. The maximum absolute atomic E-state index is 12.4. The highest BCUT2D eigenvalue weighted by Crippen LogP contribution is 2.12. The van der Waals surface area contributed by atoms with Gasteiger partial charge in [0.1, 0.15) is 6.04 Å². The topological polar surface area (TPSA) is 55.8 Å². The van der Waals surface area contributed by atoms with Crippen LogP contribution in [0.2, 0.25) is 0 Å². The van der Waals surface area contributed by atoms with E-state index in [1.165, 1.54) is 0 Å². The quantitative estimate of drug-likeness (QED) is 0.514. The molecule has 0 aromatic rings. The van der Waals surface area contributed by atoms with E-state index >= 15 is 0 Å². The fraction of sp³-hybridized carbons (Fsp3) is 0.889. The van der Waals surface area contributed by atoms with Gasteiger partial charge in [0.25, 0.3) is 0 Å². The molecular formula is C18H35NO4. The third kappa shape index (κ3) is 10.3. The molecule has 0 saturated heterocycles. The number of hydrogen-bond donors (Lipinski definition) is 0. The second-order valence-electron chi connectivity index (χ2n) is 6.86. The first-order chi connectivity index (χ1) is 10.8. The van der Waals surface area contributed by atoms with Crippen molar-refractivity contribution in [2.24, 2.45) is 11.8 Å². The van der Waals surface area contributed by atoms with Crippen molar-refractivity contribution >= 4 is 11.9 Å². The molecule has 0 aromatic carbocycles. The molecule has 0 aromatic heterocycles. The van der Waals surface area contributed by atoms with Gasteiger partial charge >= 0.3 is 11.9 Å². The molecule has 0 rings (SSSR count). The summed E-state index contributed by atoms with van der Waals surface area (Å²) in [7, 11) is 0. The Bertz CT molecular complexity index is 336. The number of nitrogens with zero attached hydrogens (tertiary/aromatic N) is 1. The SMILES string of the molecule is CCCN(CCC)C(CC(=O)OCC(C)C)C(=O)OCC(C)C. The third-order valence-corrected chi connectivity index (χ3v) is 3.23. The lowest BCUT2D eigenvalue weighted by molar-refractivity contribution is -0.158. The smallest absolute Gasteiger partial charge is 0.323 e. The van der Waals surface area contributed by atoms with Crippen molar-refractivity contribution in [1.82, 2.24) is 4.90 Å². The number of hydrogen-bond acceptors (Lipinski definition) is 5. The van der Waals surface area contributed by atoms with E-state index < -0.39 is 6.04 Å². The normalized spacial score (nSPS) is 12.7. The van der Waals surface area contributed by atoms with Crippen LogP contribution in [0.5, 0.6) is 0 Å². The molecule has 0 heterocycles. The average Bonchev–Trinajstić information content (AvgIpc) is 2.48. The predicted octanol–water partition coefficient (Wildman–Crippen LogP) is 3.27. The molecular weight excluding hydrogens is 294 g/mol. The van der Waals surface area contributed by atoms with E-state index in [0.717, 1.165) is 25.9 Å². The number of ether oxygens (including phenoxy) is 2. The first kappa shape index (κ1) is 21.9. The van der Waals surface area contributed by atoms with E-state index in [1.54, 1.807) is 0 Å². The summed E-state index contributed by atoms with van der Waals surface area (Å²) >= 11 is 0. The van der Waals surface area contributed by atoms with Crippen LogP contribution < -0.4 is 0 Å². The van der Waals surface area contributed by atoms with E-state index in [-0.39, 0.29) is 30.2 Å². The van der Waals surface area contributed by atoms with Crippen LogP contribution in [0.15, 0.2) is 0 Å². The van der Waals surface area contributed by atoms with Crippen molar-refractivity contribution in [2.45, 2.75) is 66.8 Å². The van der Waals surface area contributed by atoms with Crippen LogP contribution in [0.25, 0.3) is 0 Å². The molecule has 23 heavy (non-hydrogen) atoms. The second kappa shape index (κ2) is 12.3. The van der Waals surface area contributed by atoms with Gasteiger partial charge in [-0.2, -0.15) is 0 Å². The molecule has 0 saturated carbocycles. The molecule has 0 radical (unpaired) electrons. The van der Waals surface area contributed by atoms with Gasteiger partial charge in [-0.25, -0.2) is 0 Å². The fourth-order valence-corrected chi connectivity index (χ4v) is 2.18. The Labute approximate surface area is 141 Å². The van der Waals surface area contributed by atoms with Gasteiger partial charge in [0.15, 0.2) is 0 Å². The summed E-state index contributed by atoms with van der Waals surface area (Å²) in [5, 5.41) is 0. The first-order valence-corrected chi connectivity index (χ1v) is 8.88. The summed E-state index contributed by atoms with van der Waals surface area (Å²) in [6.45, 7) is 14.4. The summed E-state index contributed by atoms with van der Waals surface area (Å²) in [5.74, 6) is -0.0875. The van der Waals surface area contributed by atoms with Gasteiger partial charge in [-0.3, -0.25) is 14.5 Å². The molecule has 136 valence electrons. The molecule has 0 bridgehead atoms. The minimum atomic E-state index is -0.548. The Hall–Kier alpha value is -1.10. The van der Waals surface area contributed by atoms with Crippen molar-refractivity contribution in [1.29, 1.82) is 0 Å². The molecule has 0 spiro atoms. The largest absolute Gasteiger partial charge is 0.465 e. The lowest BCUT2D eigenvalue weighted by Gasteiger charge is -2.29. The van der Waals surface area contributed by atoms with E-state index in [1.807, 2.05) is 32.6 Å². The van der Waals surface area contributed by atoms with Crippen molar-refractivity contribution in [2.75, 3.05) is 26.3 Å². The van der Waals surface area contributed by atoms with E-state index in [0.29, 0.717) is 13.2 Å². The van der Waals surface area contributed by atoms with Crippen LogP contribution in [0.4, 0.5) is 0 Å². The minimum absolute atomic E-state index is 0.0592. The highest BCUT2D eigenvalue weighted by molar-refractivity contribution is 5.82. The number of rotatable bonds is 12. The maximum atomic E-state index is 12.4. The van der Waals surface area contributed by atoms with Crippen LogP contribution in [0.3, 0.4) is 0 Å². The molecule has 0 aliphatic rings. The lowest BCUT2D eigenvalue weighted by Crippen LogP contribution is -2.45. The van der Waals surface area contributed by atoms with Crippen molar-refractivity contribution < 1.29 is 19.1 Å². The molecule has 0 aliphatic heterocycles. The Morgan fingerprint density at radius 1 is 0.870 bits per heavy atom. The zero-order valence-corrected chi connectivity index (χ0v) is 15.8. The van der Waals surface area contributed by atoms with E-state index in [4.69, 9.17) is 9.47 Å². The van der Waals surface area contributed by atoms with Crippen LogP contribution in [0.1, 0.15) is 60.8 Å². The van der Waals surface area contributed by atoms with Gasteiger partial charge in [0.05, 0.1) is 19.6 Å². The molecule has 5 nitrogen and oxygen atoms in total. The van der Waals surface area contributed by atoms with Crippen molar-refractivity contribution in [3.63, 3.8) is 0 Å². The second-order valence-corrected chi connectivity index (χ2v) is 6.86. The van der Waals surface area contributed by atoms with Gasteiger partial charge in [-0.15, -0.1) is 0 Å². The number of carbonyl (C=O) groups is 2. The van der Waals surface area contributed by atoms with Gasteiger partial charge in [-0.05, 0) is 37.8 Å². The average molecular weight is 329 g/mol. The third-order valence-electron chi connectivity index (χ3n) is 3.23. The van der Waals surface area contributed by atoms with Gasteiger partial charge in [0, 0.05) is 0 Å². The molecule has 0 fully saturated rings. The Morgan fingerprint density at radius 2 is 1.35 bits per heavy atom. The number of esters is 2. The summed E-state index contributed by atoms with van der Waals surface area (Å²) in [6, 6.07) is -0.548. The maximum Gasteiger partial charge on any atom is 0.323 e. The van der Waals surface area contributed by atoms with Crippen LogP contribution in [-0.4, -0.2) is 49.2 Å². The minimum Gasteiger partial charge on any atom is -0.465 e. The van der Waals surface area contributed by atoms with Crippen LogP contribution in [-0.2, 0) is 19.1 Å². The summed E-state index contributed by atoms with van der Waals surface area (Å²) in [4.78, 5) is 26.5. The van der Waals surface area contributed by atoms with Gasteiger partial charge in [-0.1, -0.05) is 41.5 Å². The van der Waals surface area contributed by atoms with E-state index in [9.17, 15) is 9.59 Å². The Balaban J connectivity index is 4.88. The van der Waals surface area contributed by atoms with Crippen molar-refractivity contribution in [3.8, 4) is 0 Å². The lowest BCUT2D eigenvalue weighted by atomic mass is 10.1. The zero-order chi connectivity index (χ0) is 17.8. The zero-order valence-electron chi connectivity index (χ0n) is 15.8. The first-order valence-electron chi connectivity index (χ1n) is 8.88. The Morgan fingerprint density at radius 3 is 1.78 bits per heavy atom. The van der Waals surface area contributed by atoms with Crippen LogP contribution >= 0.6 is 0 Å². The molecule has 5 heteroatoms. The Kier molecular flexibility index (Phi) is 11.7. The van der Waals surface area contributed by atoms with Crippen molar-refractivity contribution in [3.05, 3.63) is 0 Å². The summed E-state index contributed by atoms with van der Waals surface area (Å²) < 4.78 is 10.6. The fourth-order valence-electron chi connectivity index (χ4n) is 2.18.